The second-order valence-corrected chi connectivity index (χ2v) is 4.85. The molecule has 0 atom stereocenters. The summed E-state index contributed by atoms with van der Waals surface area (Å²) in [5, 5.41) is 0. The van der Waals surface area contributed by atoms with Crippen LogP contribution in [0.1, 0.15) is 30.7 Å². The van der Waals surface area contributed by atoms with E-state index in [9.17, 15) is 4.79 Å². The van der Waals surface area contributed by atoms with Crippen LogP contribution in [0.15, 0.2) is 30.3 Å². The van der Waals surface area contributed by atoms with Crippen molar-refractivity contribution in [3.05, 3.63) is 35.9 Å². The smallest absolute Gasteiger partial charge is 0.306 e. The van der Waals surface area contributed by atoms with Crippen LogP contribution in [0.5, 0.6) is 0 Å². The summed E-state index contributed by atoms with van der Waals surface area (Å²) in [7, 11) is 1.45. The fraction of sp³-hybridized carbons (Fsp3) is 0.533. The number of carbonyl (C=O) groups is 1. The minimum atomic E-state index is -0.111. The third-order valence-electron chi connectivity index (χ3n) is 3.72. The van der Waals surface area contributed by atoms with Gasteiger partial charge in [-0.2, -0.15) is 0 Å². The van der Waals surface area contributed by atoms with E-state index in [0.717, 1.165) is 19.6 Å². The molecule has 1 fully saturated rings. The third kappa shape index (κ3) is 3.57. The van der Waals surface area contributed by atoms with Crippen LogP contribution < -0.4 is 0 Å². The molecule has 2 rings (SSSR count). The maximum absolute atomic E-state index is 11.1. The summed E-state index contributed by atoms with van der Waals surface area (Å²) < 4.78 is 4.67. The van der Waals surface area contributed by atoms with E-state index in [1.54, 1.807) is 0 Å². The van der Waals surface area contributed by atoms with Gasteiger partial charge in [-0.3, -0.25) is 4.79 Å². The molecule has 1 aromatic carbocycles. The Morgan fingerprint density at radius 2 is 1.94 bits per heavy atom. The second kappa shape index (κ2) is 6.55. The Kier molecular flexibility index (Phi) is 4.76. The Morgan fingerprint density at radius 3 is 2.56 bits per heavy atom. The number of piperidine rings is 1. The van der Waals surface area contributed by atoms with Crippen molar-refractivity contribution in [2.75, 3.05) is 26.7 Å². The monoisotopic (exact) mass is 247 g/mol. The van der Waals surface area contributed by atoms with E-state index in [-0.39, 0.29) is 5.97 Å². The molecule has 0 spiro atoms. The summed E-state index contributed by atoms with van der Waals surface area (Å²) in [6.07, 6.45) is 2.88. The molecule has 1 aromatic rings. The number of hydrogen-bond donors (Lipinski definition) is 0. The predicted molar refractivity (Wildman–Crippen MR) is 71.5 cm³/mol. The summed E-state index contributed by atoms with van der Waals surface area (Å²) in [5.74, 6) is 0.570. The van der Waals surface area contributed by atoms with Gasteiger partial charge in [0.15, 0.2) is 0 Å². The lowest BCUT2D eigenvalue weighted by Gasteiger charge is -2.31. The molecule has 0 aromatic heterocycles. The second-order valence-electron chi connectivity index (χ2n) is 4.85. The van der Waals surface area contributed by atoms with Gasteiger partial charge in [-0.05, 0) is 37.4 Å². The van der Waals surface area contributed by atoms with Gasteiger partial charge in [0, 0.05) is 6.54 Å². The quantitative estimate of drug-likeness (QED) is 0.765. The number of nitrogens with zero attached hydrogens (tertiary/aromatic N) is 1. The lowest BCUT2D eigenvalue weighted by atomic mass is 9.89. The van der Waals surface area contributed by atoms with Gasteiger partial charge in [-0.25, -0.2) is 0 Å². The first-order valence-corrected chi connectivity index (χ1v) is 6.63. The highest BCUT2D eigenvalue weighted by molar-refractivity contribution is 5.69. The van der Waals surface area contributed by atoms with Crippen molar-refractivity contribution >= 4 is 5.97 Å². The van der Waals surface area contributed by atoms with Crippen molar-refractivity contribution in [3.63, 3.8) is 0 Å². The Morgan fingerprint density at radius 1 is 1.28 bits per heavy atom. The number of benzene rings is 1. The molecule has 0 radical (unpaired) electrons. The summed E-state index contributed by atoms with van der Waals surface area (Å²) in [6, 6.07) is 10.7. The van der Waals surface area contributed by atoms with E-state index >= 15 is 0 Å². The Hall–Kier alpha value is -1.35. The summed E-state index contributed by atoms with van der Waals surface area (Å²) in [6.45, 7) is 2.99. The highest BCUT2D eigenvalue weighted by atomic mass is 16.5. The number of esters is 1. The number of carbonyl (C=O) groups excluding carboxylic acids is 1. The Labute approximate surface area is 109 Å². The highest BCUT2D eigenvalue weighted by Gasteiger charge is 2.20. The summed E-state index contributed by atoms with van der Waals surface area (Å²) in [4.78, 5) is 13.4. The average molecular weight is 247 g/mol. The molecular weight excluding hydrogens is 226 g/mol. The van der Waals surface area contributed by atoms with Crippen LogP contribution in [-0.4, -0.2) is 37.6 Å². The van der Waals surface area contributed by atoms with Gasteiger partial charge >= 0.3 is 5.97 Å². The lowest BCUT2D eigenvalue weighted by molar-refractivity contribution is -0.141. The SMILES string of the molecule is COC(=O)CCN1CCC(c2ccccc2)CC1. The van der Waals surface area contributed by atoms with Gasteiger partial charge in [0.2, 0.25) is 0 Å². The van der Waals surface area contributed by atoms with Gasteiger partial charge < -0.3 is 9.64 Å². The van der Waals surface area contributed by atoms with Crippen LogP contribution in [0.3, 0.4) is 0 Å². The molecule has 0 unspecified atom stereocenters. The molecule has 98 valence electrons. The molecule has 1 heterocycles. The van der Waals surface area contributed by atoms with Crippen molar-refractivity contribution in [1.29, 1.82) is 0 Å². The fourth-order valence-corrected chi connectivity index (χ4v) is 2.57. The minimum Gasteiger partial charge on any atom is -0.469 e. The maximum Gasteiger partial charge on any atom is 0.306 e. The first-order chi connectivity index (χ1) is 8.79. The molecule has 3 nitrogen and oxygen atoms in total. The summed E-state index contributed by atoms with van der Waals surface area (Å²) in [5.41, 5.74) is 1.45. The maximum atomic E-state index is 11.1. The summed E-state index contributed by atoms with van der Waals surface area (Å²) >= 11 is 0. The average Bonchev–Trinajstić information content (AvgIpc) is 2.46. The van der Waals surface area contributed by atoms with Crippen LogP contribution in [0, 0.1) is 0 Å². The highest BCUT2D eigenvalue weighted by Crippen LogP contribution is 2.27. The van der Waals surface area contributed by atoms with Gasteiger partial charge in [-0.15, -0.1) is 0 Å². The Bertz CT molecular complexity index is 369. The van der Waals surface area contributed by atoms with Crippen LogP contribution in [-0.2, 0) is 9.53 Å². The van der Waals surface area contributed by atoms with E-state index in [4.69, 9.17) is 0 Å². The molecule has 0 amide bonds. The first kappa shape index (κ1) is 13.1. The normalized spacial score (nSPS) is 17.6. The first-order valence-electron chi connectivity index (χ1n) is 6.63. The third-order valence-corrected chi connectivity index (χ3v) is 3.72. The van der Waals surface area contributed by atoms with Gasteiger partial charge in [0.1, 0.15) is 0 Å². The number of hydrogen-bond acceptors (Lipinski definition) is 3. The van der Waals surface area contributed by atoms with Crippen LogP contribution in [0.2, 0.25) is 0 Å². The zero-order valence-corrected chi connectivity index (χ0v) is 11.0. The molecule has 1 aliphatic rings. The molecule has 1 saturated heterocycles. The van der Waals surface area contributed by atoms with Crippen molar-refractivity contribution in [2.24, 2.45) is 0 Å². The Balaban J connectivity index is 1.76. The number of rotatable bonds is 4. The molecule has 18 heavy (non-hydrogen) atoms. The van der Waals surface area contributed by atoms with E-state index in [0.29, 0.717) is 12.3 Å². The minimum absolute atomic E-state index is 0.111. The lowest BCUT2D eigenvalue weighted by Crippen LogP contribution is -2.34. The molecule has 1 aliphatic heterocycles. The standard InChI is InChI=1S/C15H21NO2/c1-18-15(17)9-12-16-10-7-14(8-11-16)13-5-3-2-4-6-13/h2-6,14H,7-12H2,1H3. The number of ether oxygens (including phenoxy) is 1. The molecule has 3 heteroatoms. The van der Waals surface area contributed by atoms with Crippen LogP contribution >= 0.6 is 0 Å². The molecule has 0 aliphatic carbocycles. The van der Waals surface area contributed by atoms with Crippen LogP contribution in [0.25, 0.3) is 0 Å². The molecule has 0 bridgehead atoms. The van der Waals surface area contributed by atoms with Gasteiger partial charge in [-0.1, -0.05) is 30.3 Å². The van der Waals surface area contributed by atoms with E-state index in [2.05, 4.69) is 40.0 Å². The van der Waals surface area contributed by atoms with E-state index < -0.39 is 0 Å². The van der Waals surface area contributed by atoms with Gasteiger partial charge in [0.25, 0.3) is 0 Å². The number of likely N-dealkylation sites (tertiary alicyclic amines) is 1. The largest absolute Gasteiger partial charge is 0.469 e. The predicted octanol–water partition coefficient (Wildman–Crippen LogP) is 2.43. The van der Waals surface area contributed by atoms with E-state index in [1.807, 2.05) is 0 Å². The van der Waals surface area contributed by atoms with Crippen molar-refractivity contribution in [3.8, 4) is 0 Å². The topological polar surface area (TPSA) is 29.5 Å². The van der Waals surface area contributed by atoms with E-state index in [1.165, 1.54) is 25.5 Å². The fourth-order valence-electron chi connectivity index (χ4n) is 2.57. The van der Waals surface area contributed by atoms with Crippen molar-refractivity contribution in [1.82, 2.24) is 4.90 Å². The zero-order chi connectivity index (χ0) is 12.8. The zero-order valence-electron chi connectivity index (χ0n) is 11.0. The van der Waals surface area contributed by atoms with Crippen LogP contribution in [0.4, 0.5) is 0 Å². The van der Waals surface area contributed by atoms with Crippen molar-refractivity contribution < 1.29 is 9.53 Å². The number of methoxy groups -OCH3 is 1. The van der Waals surface area contributed by atoms with Gasteiger partial charge in [0.05, 0.1) is 13.5 Å². The molecule has 0 N–H and O–H groups in total. The van der Waals surface area contributed by atoms with Crippen molar-refractivity contribution in [2.45, 2.75) is 25.2 Å². The molecule has 0 saturated carbocycles. The molecular formula is C15H21NO2.